The van der Waals surface area contributed by atoms with Gasteiger partial charge in [0.2, 0.25) is 0 Å². The van der Waals surface area contributed by atoms with E-state index in [1.807, 2.05) is 6.07 Å². The zero-order valence-corrected chi connectivity index (χ0v) is 10.9. The van der Waals surface area contributed by atoms with E-state index in [9.17, 15) is 0 Å². The van der Waals surface area contributed by atoms with Crippen molar-refractivity contribution in [2.45, 2.75) is 19.4 Å². The molecule has 1 unspecified atom stereocenters. The molecule has 0 aromatic heterocycles. The maximum absolute atomic E-state index is 6.09. The maximum atomic E-state index is 6.09. The summed E-state index contributed by atoms with van der Waals surface area (Å²) in [5.41, 5.74) is 8.14. The molecule has 2 heteroatoms. The third-order valence-corrected chi connectivity index (χ3v) is 4.03. The topological polar surface area (TPSA) is 12.5 Å². The molecule has 1 fully saturated rings. The predicted molar refractivity (Wildman–Crippen MR) is 73.1 cm³/mol. The molecule has 0 saturated carbocycles. The van der Waals surface area contributed by atoms with Gasteiger partial charge in [-0.1, -0.05) is 35.4 Å². The highest BCUT2D eigenvalue weighted by Crippen LogP contribution is 2.45. The van der Waals surface area contributed by atoms with Crippen molar-refractivity contribution in [1.29, 1.82) is 0 Å². The van der Waals surface area contributed by atoms with Gasteiger partial charge in [-0.05, 0) is 53.3 Å². The van der Waals surface area contributed by atoms with Gasteiger partial charge in [-0.15, -0.1) is 0 Å². The Bertz CT molecular complexity index is 656. The van der Waals surface area contributed by atoms with Crippen LogP contribution in [0.5, 0.6) is 0 Å². The molecule has 90 valence electrons. The van der Waals surface area contributed by atoms with Gasteiger partial charge < -0.3 is 4.74 Å². The molecule has 0 bridgehead atoms. The third kappa shape index (κ3) is 1.51. The van der Waals surface area contributed by atoms with Crippen LogP contribution in [0.25, 0.3) is 11.1 Å². The highest BCUT2D eigenvalue weighted by molar-refractivity contribution is 6.30. The minimum absolute atomic E-state index is 0.306. The molecule has 1 aliphatic carbocycles. The van der Waals surface area contributed by atoms with E-state index in [-0.39, 0.29) is 0 Å². The summed E-state index contributed by atoms with van der Waals surface area (Å²) < 4.78 is 5.49. The van der Waals surface area contributed by atoms with E-state index in [0.717, 1.165) is 18.1 Å². The van der Waals surface area contributed by atoms with Crippen molar-refractivity contribution in [3.05, 3.63) is 57.6 Å². The van der Waals surface area contributed by atoms with E-state index < -0.39 is 0 Å². The van der Waals surface area contributed by atoms with Crippen molar-refractivity contribution in [2.75, 3.05) is 6.61 Å². The average molecular weight is 257 g/mol. The zero-order chi connectivity index (χ0) is 12.3. The van der Waals surface area contributed by atoms with Gasteiger partial charge in [-0.25, -0.2) is 0 Å². The highest BCUT2D eigenvalue weighted by atomic mass is 35.5. The van der Waals surface area contributed by atoms with Crippen LogP contribution >= 0.6 is 11.6 Å². The number of epoxide rings is 1. The van der Waals surface area contributed by atoms with Crippen LogP contribution in [-0.4, -0.2) is 6.61 Å². The zero-order valence-electron chi connectivity index (χ0n) is 10.2. The van der Waals surface area contributed by atoms with Gasteiger partial charge in [0, 0.05) is 5.02 Å². The van der Waals surface area contributed by atoms with Crippen LogP contribution < -0.4 is 0 Å². The molecule has 4 rings (SSSR count). The summed E-state index contributed by atoms with van der Waals surface area (Å²) in [6.07, 6.45) is 1.30. The van der Waals surface area contributed by atoms with Crippen LogP contribution in [0.1, 0.15) is 28.4 Å². The lowest BCUT2D eigenvalue weighted by Crippen LogP contribution is -1.91. The summed E-state index contributed by atoms with van der Waals surface area (Å²) in [6.45, 7) is 3.01. The smallest absolute Gasteiger partial charge is 0.107 e. The second-order valence-corrected chi connectivity index (χ2v) is 5.62. The van der Waals surface area contributed by atoms with Gasteiger partial charge in [0.25, 0.3) is 0 Å². The predicted octanol–water partition coefficient (Wildman–Crippen LogP) is 4.29. The van der Waals surface area contributed by atoms with Gasteiger partial charge in [0.15, 0.2) is 0 Å². The lowest BCUT2D eigenvalue weighted by Gasteiger charge is -2.09. The monoisotopic (exact) mass is 256 g/mol. The number of benzene rings is 2. The Hall–Kier alpha value is -1.31. The van der Waals surface area contributed by atoms with Gasteiger partial charge in [-0.2, -0.15) is 0 Å². The summed E-state index contributed by atoms with van der Waals surface area (Å²) in [6, 6.07) is 10.8. The van der Waals surface area contributed by atoms with Crippen molar-refractivity contribution in [1.82, 2.24) is 0 Å². The van der Waals surface area contributed by atoms with Gasteiger partial charge in [0.1, 0.15) is 6.10 Å². The van der Waals surface area contributed by atoms with Crippen LogP contribution in [0.3, 0.4) is 0 Å². The lowest BCUT2D eigenvalue weighted by molar-refractivity contribution is 0.416. The molecule has 2 aromatic carbocycles. The van der Waals surface area contributed by atoms with Crippen molar-refractivity contribution in [3.8, 4) is 11.1 Å². The normalized spacial score (nSPS) is 19.6. The number of ether oxygens (including phenoxy) is 1. The van der Waals surface area contributed by atoms with Crippen LogP contribution in [0.15, 0.2) is 30.3 Å². The van der Waals surface area contributed by atoms with Gasteiger partial charge in [-0.3, -0.25) is 0 Å². The van der Waals surface area contributed by atoms with Crippen LogP contribution in [0.4, 0.5) is 0 Å². The number of fused-ring (bicyclic) bond motifs is 3. The largest absolute Gasteiger partial charge is 0.368 e. The second kappa shape index (κ2) is 3.59. The molecule has 0 spiro atoms. The first kappa shape index (κ1) is 10.6. The molecule has 1 saturated heterocycles. The number of hydrogen-bond donors (Lipinski definition) is 0. The highest BCUT2D eigenvalue weighted by Gasteiger charge is 2.32. The number of rotatable bonds is 1. The minimum Gasteiger partial charge on any atom is -0.368 e. The van der Waals surface area contributed by atoms with Gasteiger partial charge >= 0.3 is 0 Å². The molecular formula is C16H13ClO. The molecule has 2 aliphatic rings. The first-order valence-corrected chi connectivity index (χ1v) is 6.64. The standard InChI is InChI=1S/C16H13ClO/c1-9-4-11-6-10-7-12(17)2-3-13(10)16(11)14(5-9)15-8-18-15/h2-5,7,15H,6,8H2,1H3. The molecule has 0 N–H and O–H groups in total. The fourth-order valence-corrected chi connectivity index (χ4v) is 3.19. The van der Waals surface area contributed by atoms with E-state index >= 15 is 0 Å². The fraction of sp³-hybridized carbons (Fsp3) is 0.250. The molecule has 1 heterocycles. The minimum atomic E-state index is 0.306. The van der Waals surface area contributed by atoms with Crippen LogP contribution in [0, 0.1) is 6.92 Å². The molecule has 1 atom stereocenters. The third-order valence-electron chi connectivity index (χ3n) is 3.79. The SMILES string of the molecule is Cc1cc2c(c(C3CO3)c1)-c1ccc(Cl)cc1C2. The Labute approximate surface area is 111 Å². The Morgan fingerprint density at radius 2 is 2.00 bits per heavy atom. The number of hydrogen-bond acceptors (Lipinski definition) is 1. The summed E-state index contributed by atoms with van der Waals surface area (Å²) in [7, 11) is 0. The maximum Gasteiger partial charge on any atom is 0.107 e. The molecule has 1 nitrogen and oxygen atoms in total. The first-order valence-electron chi connectivity index (χ1n) is 6.26. The molecule has 0 radical (unpaired) electrons. The summed E-state index contributed by atoms with van der Waals surface area (Å²) in [4.78, 5) is 0. The number of halogens is 1. The molecule has 2 aromatic rings. The van der Waals surface area contributed by atoms with E-state index in [1.54, 1.807) is 0 Å². The molecule has 0 amide bonds. The first-order chi connectivity index (χ1) is 8.72. The Morgan fingerprint density at radius 3 is 2.78 bits per heavy atom. The van der Waals surface area contributed by atoms with Gasteiger partial charge in [0.05, 0.1) is 6.61 Å². The molecule has 1 aliphatic heterocycles. The Kier molecular flexibility index (Phi) is 2.12. The van der Waals surface area contributed by atoms with E-state index in [4.69, 9.17) is 16.3 Å². The van der Waals surface area contributed by atoms with Crippen molar-refractivity contribution in [2.24, 2.45) is 0 Å². The van der Waals surface area contributed by atoms with Crippen LogP contribution in [0.2, 0.25) is 5.02 Å². The Morgan fingerprint density at radius 1 is 1.17 bits per heavy atom. The van der Waals surface area contributed by atoms with E-state index in [2.05, 4.69) is 31.2 Å². The fourth-order valence-electron chi connectivity index (χ4n) is 3.00. The number of aryl methyl sites for hydroxylation is 1. The van der Waals surface area contributed by atoms with Crippen molar-refractivity contribution < 1.29 is 4.74 Å². The lowest BCUT2D eigenvalue weighted by atomic mass is 9.95. The molecule has 18 heavy (non-hydrogen) atoms. The summed E-state index contributed by atoms with van der Waals surface area (Å²) in [5.74, 6) is 0. The summed E-state index contributed by atoms with van der Waals surface area (Å²) >= 11 is 6.09. The van der Waals surface area contributed by atoms with Crippen molar-refractivity contribution in [3.63, 3.8) is 0 Å². The second-order valence-electron chi connectivity index (χ2n) is 5.19. The van der Waals surface area contributed by atoms with E-state index in [0.29, 0.717) is 6.10 Å². The molecular weight excluding hydrogens is 244 g/mol. The quantitative estimate of drug-likeness (QED) is 0.592. The average Bonchev–Trinajstić information content (AvgIpc) is 3.09. The Balaban J connectivity index is 1.99. The summed E-state index contributed by atoms with van der Waals surface area (Å²) in [5, 5.41) is 0.822. The van der Waals surface area contributed by atoms with Crippen molar-refractivity contribution >= 4 is 11.6 Å². The van der Waals surface area contributed by atoms with E-state index in [1.165, 1.54) is 33.4 Å². The van der Waals surface area contributed by atoms with Crippen LogP contribution in [-0.2, 0) is 11.2 Å².